The van der Waals surface area contributed by atoms with E-state index in [0.29, 0.717) is 19.6 Å². The average molecular weight is 332 g/mol. The van der Waals surface area contributed by atoms with Crippen molar-refractivity contribution in [2.75, 3.05) is 26.7 Å². The first kappa shape index (κ1) is 13.5. The van der Waals surface area contributed by atoms with E-state index in [1.54, 1.807) is 11.3 Å². The number of amides is 3. The smallest absolute Gasteiger partial charge is 0.324 e. The minimum Gasteiger partial charge on any atom is -0.336 e. The van der Waals surface area contributed by atoms with Crippen LogP contribution >= 0.6 is 27.3 Å². The molecule has 3 amide bonds. The Morgan fingerprint density at radius 3 is 2.94 bits per heavy atom. The highest BCUT2D eigenvalue weighted by Crippen LogP contribution is 2.22. The molecule has 0 saturated carbocycles. The van der Waals surface area contributed by atoms with E-state index in [4.69, 9.17) is 0 Å². The van der Waals surface area contributed by atoms with Gasteiger partial charge in [-0.05, 0) is 35.1 Å². The Morgan fingerprint density at radius 2 is 2.39 bits per heavy atom. The van der Waals surface area contributed by atoms with Gasteiger partial charge in [0, 0.05) is 24.5 Å². The van der Waals surface area contributed by atoms with E-state index >= 15 is 0 Å². The van der Waals surface area contributed by atoms with Crippen LogP contribution in [0.2, 0.25) is 0 Å². The lowest BCUT2D eigenvalue weighted by molar-refractivity contribution is -0.128. The maximum absolute atomic E-state index is 11.9. The number of carbonyl (C=O) groups is 2. The maximum atomic E-state index is 11.9. The fourth-order valence-corrected chi connectivity index (χ4v) is 3.35. The first-order valence-corrected chi connectivity index (χ1v) is 7.18. The van der Waals surface area contributed by atoms with Gasteiger partial charge in [-0.1, -0.05) is 0 Å². The number of thiophene rings is 1. The molecule has 5 nitrogen and oxygen atoms in total. The predicted molar refractivity (Wildman–Crippen MR) is 73.5 cm³/mol. The van der Waals surface area contributed by atoms with E-state index in [1.807, 2.05) is 24.1 Å². The third-order valence-electron chi connectivity index (χ3n) is 2.62. The van der Waals surface area contributed by atoms with E-state index in [0.717, 1.165) is 3.79 Å². The van der Waals surface area contributed by atoms with Gasteiger partial charge in [0.2, 0.25) is 5.91 Å². The molecular weight excluding hydrogens is 318 g/mol. The summed E-state index contributed by atoms with van der Waals surface area (Å²) in [6, 6.07) is 3.73. The molecule has 1 fully saturated rings. The summed E-state index contributed by atoms with van der Waals surface area (Å²) in [6.45, 7) is 1.97. The van der Waals surface area contributed by atoms with Gasteiger partial charge >= 0.3 is 6.03 Å². The van der Waals surface area contributed by atoms with Gasteiger partial charge in [-0.15, -0.1) is 11.3 Å². The molecule has 0 unspecified atom stereocenters. The summed E-state index contributed by atoms with van der Waals surface area (Å²) in [5.74, 6) is -0.150. The molecule has 0 spiro atoms. The number of urea groups is 1. The zero-order valence-corrected chi connectivity index (χ0v) is 12.4. The Labute approximate surface area is 118 Å². The summed E-state index contributed by atoms with van der Waals surface area (Å²) in [6.07, 6.45) is 0. The summed E-state index contributed by atoms with van der Waals surface area (Å²) in [4.78, 5) is 27.6. The predicted octanol–water partition coefficient (Wildman–Crippen LogP) is 1.49. The summed E-state index contributed by atoms with van der Waals surface area (Å²) < 4.78 is 1.08. The quantitative estimate of drug-likeness (QED) is 0.909. The third-order valence-corrected chi connectivity index (χ3v) is 4.23. The Kier molecular flexibility index (Phi) is 4.36. The largest absolute Gasteiger partial charge is 0.336 e. The van der Waals surface area contributed by atoms with Gasteiger partial charge in [-0.3, -0.25) is 14.6 Å². The molecule has 1 aliphatic rings. The fraction of sp³-hybridized carbons (Fsp3) is 0.455. The minimum absolute atomic E-state index is 0.150. The van der Waals surface area contributed by atoms with E-state index in [2.05, 4.69) is 21.2 Å². The Hall–Kier alpha value is -0.920. The molecule has 0 atom stereocenters. The lowest BCUT2D eigenvalue weighted by atomic mass is 10.4. The van der Waals surface area contributed by atoms with Crippen molar-refractivity contribution in [3.8, 4) is 0 Å². The Bertz CT molecular complexity index is 463. The lowest BCUT2D eigenvalue weighted by Gasteiger charge is -2.18. The normalized spacial score (nSPS) is 15.3. The van der Waals surface area contributed by atoms with Crippen LogP contribution in [0.4, 0.5) is 4.79 Å². The van der Waals surface area contributed by atoms with Gasteiger partial charge < -0.3 is 5.32 Å². The van der Waals surface area contributed by atoms with Crippen LogP contribution in [0.15, 0.2) is 15.9 Å². The topological polar surface area (TPSA) is 52.7 Å². The van der Waals surface area contributed by atoms with Crippen LogP contribution < -0.4 is 5.32 Å². The Morgan fingerprint density at radius 1 is 1.61 bits per heavy atom. The van der Waals surface area contributed by atoms with Gasteiger partial charge in [0.15, 0.2) is 0 Å². The maximum Gasteiger partial charge on any atom is 0.324 e. The van der Waals surface area contributed by atoms with Crippen molar-refractivity contribution >= 4 is 39.2 Å². The van der Waals surface area contributed by atoms with Gasteiger partial charge in [0.25, 0.3) is 0 Å². The average Bonchev–Trinajstić information content (AvgIpc) is 2.87. The molecule has 2 rings (SSSR count). The van der Waals surface area contributed by atoms with Crippen LogP contribution in [0, 0.1) is 0 Å². The standard InChI is InChI=1S/C11H14BrN3O2S/c1-14(6-8-2-3-9(12)18-8)7-10(16)15-5-4-13-11(15)17/h2-3H,4-7H2,1H3,(H,13,17). The van der Waals surface area contributed by atoms with Crippen molar-refractivity contribution in [2.24, 2.45) is 0 Å². The summed E-state index contributed by atoms with van der Waals surface area (Å²) in [7, 11) is 1.87. The van der Waals surface area contributed by atoms with Crippen molar-refractivity contribution in [1.82, 2.24) is 15.1 Å². The number of carbonyl (C=O) groups excluding carboxylic acids is 2. The van der Waals surface area contributed by atoms with E-state index in [9.17, 15) is 9.59 Å². The van der Waals surface area contributed by atoms with Crippen LogP contribution in [0.25, 0.3) is 0 Å². The Balaban J connectivity index is 1.85. The zero-order valence-electron chi connectivity index (χ0n) is 9.98. The van der Waals surface area contributed by atoms with Gasteiger partial charge in [0.1, 0.15) is 0 Å². The molecule has 1 saturated heterocycles. The molecule has 7 heteroatoms. The number of likely N-dealkylation sites (N-methyl/N-ethyl adjacent to an activating group) is 1. The van der Waals surface area contributed by atoms with Gasteiger partial charge in [-0.2, -0.15) is 0 Å². The SMILES string of the molecule is CN(CC(=O)N1CCNC1=O)Cc1ccc(Br)s1. The molecule has 98 valence electrons. The highest BCUT2D eigenvalue weighted by Gasteiger charge is 2.26. The zero-order chi connectivity index (χ0) is 13.1. The summed E-state index contributed by atoms with van der Waals surface area (Å²) in [5, 5.41) is 2.62. The molecule has 2 heterocycles. The number of hydrogen-bond donors (Lipinski definition) is 1. The van der Waals surface area contributed by atoms with Gasteiger partial charge in [0.05, 0.1) is 10.3 Å². The number of nitrogens with one attached hydrogen (secondary N) is 1. The molecule has 1 aromatic rings. The molecular formula is C11H14BrN3O2S. The van der Waals surface area contributed by atoms with Crippen LogP contribution in [-0.2, 0) is 11.3 Å². The molecule has 0 radical (unpaired) electrons. The van der Waals surface area contributed by atoms with E-state index in [1.165, 1.54) is 9.78 Å². The van der Waals surface area contributed by atoms with Crippen molar-refractivity contribution in [3.05, 3.63) is 20.8 Å². The molecule has 1 N–H and O–H groups in total. The monoisotopic (exact) mass is 331 g/mol. The van der Waals surface area contributed by atoms with Crippen molar-refractivity contribution in [1.29, 1.82) is 0 Å². The highest BCUT2D eigenvalue weighted by atomic mass is 79.9. The first-order chi connectivity index (χ1) is 8.56. The fourth-order valence-electron chi connectivity index (χ4n) is 1.78. The lowest BCUT2D eigenvalue weighted by Crippen LogP contribution is -2.40. The summed E-state index contributed by atoms with van der Waals surface area (Å²) >= 11 is 5.05. The van der Waals surface area contributed by atoms with E-state index in [-0.39, 0.29) is 18.5 Å². The number of hydrogen-bond acceptors (Lipinski definition) is 4. The second-order valence-corrected chi connectivity index (χ2v) is 6.70. The van der Waals surface area contributed by atoms with Crippen LogP contribution in [-0.4, -0.2) is 48.4 Å². The summed E-state index contributed by atoms with van der Waals surface area (Å²) in [5.41, 5.74) is 0. The van der Waals surface area contributed by atoms with Crippen molar-refractivity contribution in [3.63, 3.8) is 0 Å². The molecule has 18 heavy (non-hydrogen) atoms. The van der Waals surface area contributed by atoms with Crippen LogP contribution in [0.3, 0.4) is 0 Å². The number of nitrogens with zero attached hydrogens (tertiary/aromatic N) is 2. The number of imide groups is 1. The number of halogens is 1. The van der Waals surface area contributed by atoms with Crippen molar-refractivity contribution < 1.29 is 9.59 Å². The van der Waals surface area contributed by atoms with E-state index < -0.39 is 0 Å². The minimum atomic E-state index is -0.285. The molecule has 0 aliphatic carbocycles. The first-order valence-electron chi connectivity index (χ1n) is 5.57. The van der Waals surface area contributed by atoms with Crippen LogP contribution in [0.1, 0.15) is 4.88 Å². The molecule has 0 bridgehead atoms. The van der Waals surface area contributed by atoms with Gasteiger partial charge in [-0.25, -0.2) is 4.79 Å². The second-order valence-electron chi connectivity index (χ2n) is 4.16. The van der Waals surface area contributed by atoms with Crippen molar-refractivity contribution in [2.45, 2.75) is 6.54 Å². The second kappa shape index (κ2) is 5.81. The van der Waals surface area contributed by atoms with Crippen LogP contribution in [0.5, 0.6) is 0 Å². The number of rotatable bonds is 4. The molecule has 1 aromatic heterocycles. The molecule has 1 aliphatic heterocycles. The highest BCUT2D eigenvalue weighted by molar-refractivity contribution is 9.11. The third kappa shape index (κ3) is 3.30. The molecule has 0 aromatic carbocycles.